The van der Waals surface area contributed by atoms with Gasteiger partial charge in [0.1, 0.15) is 0 Å². The minimum Gasteiger partial charge on any atom is -0.204 e. The molecule has 0 radical (unpaired) electrons. The van der Waals surface area contributed by atoms with Gasteiger partial charge in [0.2, 0.25) is 0 Å². The van der Waals surface area contributed by atoms with Crippen LogP contribution in [0.25, 0.3) is 0 Å². The Kier molecular flexibility index (Phi) is 5.94. The van der Waals surface area contributed by atoms with Gasteiger partial charge in [-0.25, -0.2) is 8.78 Å². The van der Waals surface area contributed by atoms with E-state index in [2.05, 4.69) is 13.2 Å². The molecule has 0 saturated heterocycles. The molecule has 0 saturated carbocycles. The molecule has 0 aliphatic heterocycles. The Hall–Kier alpha value is -1.96. The lowest BCUT2D eigenvalue weighted by Gasteiger charge is -2.07. The van der Waals surface area contributed by atoms with Crippen LogP contribution in [0.4, 0.5) is 8.78 Å². The van der Waals surface area contributed by atoms with Gasteiger partial charge >= 0.3 is 0 Å². The molecule has 0 bridgehead atoms. The number of allylic oxidation sites excluding steroid dienone is 6. The fourth-order valence-electron chi connectivity index (χ4n) is 1.66. The largest absolute Gasteiger partial charge is 0.204 e. The highest BCUT2D eigenvalue weighted by atomic mass is 19.2. The minimum atomic E-state index is -0.817. The number of benzene rings is 1. The van der Waals surface area contributed by atoms with Crippen molar-refractivity contribution in [3.63, 3.8) is 0 Å². The van der Waals surface area contributed by atoms with Crippen LogP contribution in [-0.2, 0) is 6.42 Å². The van der Waals surface area contributed by atoms with Crippen LogP contribution in [0.15, 0.2) is 66.8 Å². The fraction of sp³-hybridized carbons (Fsp3) is 0.176. The van der Waals surface area contributed by atoms with Crippen LogP contribution in [0.1, 0.15) is 18.9 Å². The maximum absolute atomic E-state index is 13.1. The molecule has 0 N–H and O–H groups in total. The van der Waals surface area contributed by atoms with Crippen molar-refractivity contribution < 1.29 is 8.78 Å². The number of aryl methyl sites for hydroxylation is 1. The van der Waals surface area contributed by atoms with Gasteiger partial charge in [-0.1, -0.05) is 43.5 Å². The second-order valence-corrected chi connectivity index (χ2v) is 4.20. The van der Waals surface area contributed by atoms with Crippen molar-refractivity contribution in [3.05, 3.63) is 84.0 Å². The van der Waals surface area contributed by atoms with Crippen LogP contribution in [0.2, 0.25) is 0 Å². The molecule has 0 aromatic heterocycles. The Labute approximate surface area is 113 Å². The van der Waals surface area contributed by atoms with E-state index in [1.165, 1.54) is 6.07 Å². The zero-order chi connectivity index (χ0) is 14.3. The number of halogens is 2. The van der Waals surface area contributed by atoms with Gasteiger partial charge in [-0.05, 0) is 48.6 Å². The fourth-order valence-corrected chi connectivity index (χ4v) is 1.66. The average Bonchev–Trinajstić information content (AvgIpc) is 2.41. The van der Waals surface area contributed by atoms with E-state index in [1.54, 1.807) is 12.1 Å². The van der Waals surface area contributed by atoms with E-state index in [0.29, 0.717) is 12.8 Å². The summed E-state index contributed by atoms with van der Waals surface area (Å²) in [6, 6.07) is 3.97. The maximum Gasteiger partial charge on any atom is 0.159 e. The molecule has 0 spiro atoms. The van der Waals surface area contributed by atoms with Gasteiger partial charge in [0.15, 0.2) is 11.6 Å². The zero-order valence-electron chi connectivity index (χ0n) is 11.1. The molecule has 0 atom stereocenters. The number of rotatable bonds is 6. The third-order valence-electron chi connectivity index (χ3n) is 2.80. The van der Waals surface area contributed by atoms with E-state index >= 15 is 0 Å². The predicted octanol–water partition coefficient (Wildman–Crippen LogP) is 5.14. The van der Waals surface area contributed by atoms with Gasteiger partial charge in [0.25, 0.3) is 0 Å². The van der Waals surface area contributed by atoms with Crippen molar-refractivity contribution in [2.75, 3.05) is 0 Å². The Morgan fingerprint density at radius 1 is 1.26 bits per heavy atom. The van der Waals surface area contributed by atoms with Crippen molar-refractivity contribution in [1.29, 1.82) is 0 Å². The summed E-state index contributed by atoms with van der Waals surface area (Å²) in [5.74, 6) is -1.63. The lowest BCUT2D eigenvalue weighted by Crippen LogP contribution is -1.93. The van der Waals surface area contributed by atoms with Crippen LogP contribution < -0.4 is 0 Å². The van der Waals surface area contributed by atoms with E-state index in [0.717, 1.165) is 22.8 Å². The number of hydrogen-bond donors (Lipinski definition) is 0. The van der Waals surface area contributed by atoms with Gasteiger partial charge in [-0.2, -0.15) is 0 Å². The van der Waals surface area contributed by atoms with Crippen molar-refractivity contribution in [3.8, 4) is 0 Å². The van der Waals surface area contributed by atoms with E-state index < -0.39 is 11.6 Å². The summed E-state index contributed by atoms with van der Waals surface area (Å²) in [5.41, 5.74) is 2.65. The molecule has 1 rings (SSSR count). The van der Waals surface area contributed by atoms with Crippen molar-refractivity contribution in [2.24, 2.45) is 0 Å². The Bertz CT molecular complexity index is 522. The molecule has 0 unspecified atom stereocenters. The smallest absolute Gasteiger partial charge is 0.159 e. The summed E-state index contributed by atoms with van der Waals surface area (Å²) in [4.78, 5) is 0. The molecule has 19 heavy (non-hydrogen) atoms. The molecule has 100 valence electrons. The summed E-state index contributed by atoms with van der Waals surface area (Å²) in [6.07, 6.45) is 8.82. The Balaban J connectivity index is 2.67. The highest BCUT2D eigenvalue weighted by Crippen LogP contribution is 2.17. The monoisotopic (exact) mass is 260 g/mol. The first-order valence-corrected chi connectivity index (χ1v) is 6.16. The minimum absolute atomic E-state index is 0.622. The molecule has 1 aromatic rings. The van der Waals surface area contributed by atoms with Gasteiger partial charge in [0, 0.05) is 0 Å². The number of hydrogen-bond acceptors (Lipinski definition) is 0. The highest BCUT2D eigenvalue weighted by Gasteiger charge is 2.04. The van der Waals surface area contributed by atoms with E-state index in [1.807, 2.05) is 25.2 Å². The average molecular weight is 260 g/mol. The molecule has 0 amide bonds. The predicted molar refractivity (Wildman–Crippen MR) is 76.9 cm³/mol. The lowest BCUT2D eigenvalue weighted by atomic mass is 9.99. The third-order valence-corrected chi connectivity index (χ3v) is 2.80. The molecular formula is C17H18F2. The van der Waals surface area contributed by atoms with Crippen LogP contribution in [0.5, 0.6) is 0 Å². The first-order chi connectivity index (χ1) is 9.08. The second kappa shape index (κ2) is 7.47. The quantitative estimate of drug-likeness (QED) is 0.621. The van der Waals surface area contributed by atoms with Crippen molar-refractivity contribution >= 4 is 0 Å². The molecule has 0 aliphatic rings. The van der Waals surface area contributed by atoms with Crippen molar-refractivity contribution in [1.82, 2.24) is 0 Å². The normalized spacial score (nSPS) is 11.8. The van der Waals surface area contributed by atoms with Crippen molar-refractivity contribution in [2.45, 2.75) is 19.8 Å². The molecule has 0 nitrogen and oxygen atoms in total. The van der Waals surface area contributed by atoms with Gasteiger partial charge in [-0.3, -0.25) is 0 Å². The molecular weight excluding hydrogens is 242 g/mol. The summed E-state index contributed by atoms with van der Waals surface area (Å²) in [7, 11) is 0. The zero-order valence-corrected chi connectivity index (χ0v) is 11.1. The van der Waals surface area contributed by atoms with Gasteiger partial charge in [0.05, 0.1) is 0 Å². The van der Waals surface area contributed by atoms with Crippen LogP contribution in [0.3, 0.4) is 0 Å². The van der Waals surface area contributed by atoms with Gasteiger partial charge in [-0.15, -0.1) is 0 Å². The maximum atomic E-state index is 13.1. The summed E-state index contributed by atoms with van der Waals surface area (Å²) < 4.78 is 25.9. The Morgan fingerprint density at radius 3 is 2.58 bits per heavy atom. The van der Waals surface area contributed by atoms with E-state index in [9.17, 15) is 8.78 Å². The Morgan fingerprint density at radius 2 is 2.00 bits per heavy atom. The standard InChI is InChI=1S/C17H18F2/c1-4-6-7-15(5-2)13(3)8-9-14-10-11-16(18)17(19)12-14/h4-7,10-12H,2-3,8-9H2,1H3/b6-4-,15-7-. The first kappa shape index (κ1) is 15.1. The summed E-state index contributed by atoms with van der Waals surface area (Å²) in [5, 5.41) is 0. The molecule has 0 fully saturated rings. The molecule has 0 heterocycles. The van der Waals surface area contributed by atoms with E-state index in [4.69, 9.17) is 0 Å². The first-order valence-electron chi connectivity index (χ1n) is 6.16. The third kappa shape index (κ3) is 4.66. The summed E-state index contributed by atoms with van der Waals surface area (Å²) in [6.45, 7) is 9.67. The highest BCUT2D eigenvalue weighted by molar-refractivity contribution is 5.39. The van der Waals surface area contributed by atoms with Gasteiger partial charge < -0.3 is 0 Å². The van der Waals surface area contributed by atoms with E-state index in [-0.39, 0.29) is 0 Å². The van der Waals surface area contributed by atoms with Crippen LogP contribution in [-0.4, -0.2) is 0 Å². The molecule has 1 aromatic carbocycles. The summed E-state index contributed by atoms with van der Waals surface area (Å²) >= 11 is 0. The van der Waals surface area contributed by atoms with Crippen LogP contribution in [0, 0.1) is 11.6 Å². The second-order valence-electron chi connectivity index (χ2n) is 4.20. The SMILES string of the molecule is C=C/C(=C/C=C\C)C(=C)CCc1ccc(F)c(F)c1. The molecule has 2 heteroatoms. The lowest BCUT2D eigenvalue weighted by molar-refractivity contribution is 0.507. The van der Waals surface area contributed by atoms with Crippen LogP contribution >= 0.6 is 0 Å². The topological polar surface area (TPSA) is 0 Å². The molecule has 0 aliphatic carbocycles.